The SMILES string of the molecule is CCCC(C#C[Si](C)(C)C)=CC(=O)OCC. The van der Waals surface area contributed by atoms with Crippen LogP contribution >= 0.6 is 0 Å². The number of allylic oxidation sites excluding steroid dienone is 1. The van der Waals surface area contributed by atoms with E-state index in [1.807, 2.05) is 0 Å². The van der Waals surface area contributed by atoms with Crippen LogP contribution in [0.1, 0.15) is 26.7 Å². The van der Waals surface area contributed by atoms with Gasteiger partial charge in [-0.2, -0.15) is 0 Å². The molecule has 0 rings (SSSR count). The fourth-order valence-corrected chi connectivity index (χ4v) is 1.57. The zero-order valence-electron chi connectivity index (χ0n) is 11.0. The van der Waals surface area contributed by atoms with Crippen molar-refractivity contribution in [2.75, 3.05) is 6.61 Å². The summed E-state index contributed by atoms with van der Waals surface area (Å²) in [6.07, 6.45) is 3.36. The quantitative estimate of drug-likeness (QED) is 0.325. The Balaban J connectivity index is 4.71. The van der Waals surface area contributed by atoms with Crippen LogP contribution < -0.4 is 0 Å². The molecular formula is C13H22O2Si. The van der Waals surface area contributed by atoms with E-state index in [2.05, 4.69) is 38.0 Å². The molecule has 0 saturated carbocycles. The molecule has 0 aromatic rings. The van der Waals surface area contributed by atoms with Gasteiger partial charge in [0, 0.05) is 11.6 Å². The molecular weight excluding hydrogens is 216 g/mol. The van der Waals surface area contributed by atoms with Crippen LogP contribution in [-0.4, -0.2) is 20.7 Å². The molecule has 0 heterocycles. The number of hydrogen-bond acceptors (Lipinski definition) is 2. The topological polar surface area (TPSA) is 26.3 Å². The summed E-state index contributed by atoms with van der Waals surface area (Å²) in [4.78, 5) is 11.3. The van der Waals surface area contributed by atoms with Gasteiger partial charge in [0.1, 0.15) is 8.07 Å². The molecule has 3 heteroatoms. The summed E-state index contributed by atoms with van der Waals surface area (Å²) >= 11 is 0. The van der Waals surface area contributed by atoms with Crippen molar-refractivity contribution in [2.45, 2.75) is 46.3 Å². The summed E-state index contributed by atoms with van der Waals surface area (Å²) in [5, 5.41) is 0. The predicted molar refractivity (Wildman–Crippen MR) is 70.7 cm³/mol. The Morgan fingerprint density at radius 3 is 2.38 bits per heavy atom. The van der Waals surface area contributed by atoms with Gasteiger partial charge in [-0.25, -0.2) is 4.79 Å². The van der Waals surface area contributed by atoms with Crippen LogP contribution in [-0.2, 0) is 9.53 Å². The molecule has 0 aromatic carbocycles. The van der Waals surface area contributed by atoms with Crippen LogP contribution in [0, 0.1) is 11.5 Å². The third kappa shape index (κ3) is 8.31. The zero-order valence-corrected chi connectivity index (χ0v) is 12.0. The molecule has 0 bridgehead atoms. The summed E-state index contributed by atoms with van der Waals surface area (Å²) in [5.41, 5.74) is 4.16. The normalized spacial score (nSPS) is 11.7. The highest BCUT2D eigenvalue weighted by molar-refractivity contribution is 6.83. The molecule has 0 saturated heterocycles. The molecule has 0 aliphatic rings. The van der Waals surface area contributed by atoms with Crippen molar-refractivity contribution in [1.82, 2.24) is 0 Å². The van der Waals surface area contributed by atoms with E-state index in [1.165, 1.54) is 6.08 Å². The molecule has 0 aliphatic heterocycles. The number of rotatable bonds is 4. The lowest BCUT2D eigenvalue weighted by atomic mass is 10.1. The first-order valence-corrected chi connectivity index (χ1v) is 9.29. The molecule has 16 heavy (non-hydrogen) atoms. The van der Waals surface area contributed by atoms with E-state index in [-0.39, 0.29) is 5.97 Å². The fourth-order valence-electron chi connectivity index (χ4n) is 1.03. The number of hydrogen-bond donors (Lipinski definition) is 0. The molecule has 90 valence electrons. The van der Waals surface area contributed by atoms with Gasteiger partial charge in [-0.15, -0.1) is 5.54 Å². The third-order valence-electron chi connectivity index (χ3n) is 1.70. The average Bonchev–Trinajstić information content (AvgIpc) is 2.14. The Kier molecular flexibility index (Phi) is 6.83. The highest BCUT2D eigenvalue weighted by Gasteiger charge is 2.08. The minimum absolute atomic E-state index is 0.282. The summed E-state index contributed by atoms with van der Waals surface area (Å²) in [7, 11) is -1.37. The molecule has 0 fully saturated rings. The van der Waals surface area contributed by atoms with E-state index in [0.717, 1.165) is 18.4 Å². The molecule has 0 unspecified atom stereocenters. The predicted octanol–water partition coefficient (Wildman–Crippen LogP) is 3.16. The minimum atomic E-state index is -1.37. The smallest absolute Gasteiger partial charge is 0.331 e. The Morgan fingerprint density at radius 1 is 1.31 bits per heavy atom. The fraction of sp³-hybridized carbons (Fsp3) is 0.615. The largest absolute Gasteiger partial charge is 0.463 e. The molecule has 0 N–H and O–H groups in total. The maximum atomic E-state index is 11.3. The maximum Gasteiger partial charge on any atom is 0.331 e. The van der Waals surface area contributed by atoms with E-state index in [9.17, 15) is 4.79 Å². The molecule has 0 spiro atoms. The second-order valence-corrected chi connectivity index (χ2v) is 9.42. The monoisotopic (exact) mass is 238 g/mol. The maximum absolute atomic E-state index is 11.3. The van der Waals surface area contributed by atoms with Crippen molar-refractivity contribution < 1.29 is 9.53 Å². The summed E-state index contributed by atoms with van der Waals surface area (Å²) in [5.74, 6) is 2.84. The summed E-state index contributed by atoms with van der Waals surface area (Å²) in [6, 6.07) is 0. The molecule has 0 aromatic heterocycles. The van der Waals surface area contributed by atoms with Gasteiger partial charge < -0.3 is 4.74 Å². The van der Waals surface area contributed by atoms with Gasteiger partial charge in [-0.1, -0.05) is 38.9 Å². The second-order valence-electron chi connectivity index (χ2n) is 4.67. The lowest BCUT2D eigenvalue weighted by Crippen LogP contribution is -2.16. The van der Waals surface area contributed by atoms with E-state index in [0.29, 0.717) is 6.61 Å². The first-order valence-electron chi connectivity index (χ1n) is 5.79. The second kappa shape index (κ2) is 7.29. The number of carbonyl (C=O) groups is 1. The van der Waals surface area contributed by atoms with Gasteiger partial charge in [0.2, 0.25) is 0 Å². The molecule has 0 atom stereocenters. The van der Waals surface area contributed by atoms with E-state index < -0.39 is 8.07 Å². The van der Waals surface area contributed by atoms with Crippen molar-refractivity contribution in [3.05, 3.63) is 11.6 Å². The van der Waals surface area contributed by atoms with Crippen LogP contribution in [0.15, 0.2) is 11.6 Å². The van der Waals surface area contributed by atoms with Gasteiger partial charge in [0.15, 0.2) is 0 Å². The lowest BCUT2D eigenvalue weighted by Gasteiger charge is -2.04. The van der Waals surface area contributed by atoms with Crippen molar-refractivity contribution >= 4 is 14.0 Å². The number of carbonyl (C=O) groups excluding carboxylic acids is 1. The highest BCUT2D eigenvalue weighted by Crippen LogP contribution is 2.05. The molecule has 2 nitrogen and oxygen atoms in total. The van der Waals surface area contributed by atoms with Crippen molar-refractivity contribution in [2.24, 2.45) is 0 Å². The first kappa shape index (κ1) is 15.0. The summed E-state index contributed by atoms with van der Waals surface area (Å²) in [6.45, 7) is 10.9. The number of ether oxygens (including phenoxy) is 1. The molecule has 0 radical (unpaired) electrons. The van der Waals surface area contributed by atoms with Gasteiger partial charge in [-0.3, -0.25) is 0 Å². The van der Waals surface area contributed by atoms with Crippen LogP contribution in [0.2, 0.25) is 19.6 Å². The van der Waals surface area contributed by atoms with Crippen LogP contribution in [0.3, 0.4) is 0 Å². The van der Waals surface area contributed by atoms with Crippen molar-refractivity contribution in [3.63, 3.8) is 0 Å². The average molecular weight is 238 g/mol. The van der Waals surface area contributed by atoms with Crippen LogP contribution in [0.5, 0.6) is 0 Å². The van der Waals surface area contributed by atoms with E-state index in [4.69, 9.17) is 4.74 Å². The van der Waals surface area contributed by atoms with Gasteiger partial charge in [0.25, 0.3) is 0 Å². The zero-order chi connectivity index (χ0) is 12.6. The third-order valence-corrected chi connectivity index (χ3v) is 2.57. The number of esters is 1. The Bertz CT molecular complexity index is 313. The minimum Gasteiger partial charge on any atom is -0.463 e. The van der Waals surface area contributed by atoms with Crippen LogP contribution in [0.25, 0.3) is 0 Å². The van der Waals surface area contributed by atoms with Gasteiger partial charge in [-0.05, 0) is 13.3 Å². The van der Waals surface area contributed by atoms with E-state index in [1.54, 1.807) is 6.92 Å². The standard InChI is InChI=1S/C13H22O2Si/c1-6-8-12(9-10-16(3,4)5)11-13(14)15-7-2/h11H,6-8H2,1-5H3. The first-order chi connectivity index (χ1) is 7.39. The van der Waals surface area contributed by atoms with Crippen molar-refractivity contribution in [1.29, 1.82) is 0 Å². The summed E-state index contributed by atoms with van der Waals surface area (Å²) < 4.78 is 4.88. The Hall–Kier alpha value is -1.01. The van der Waals surface area contributed by atoms with E-state index >= 15 is 0 Å². The Morgan fingerprint density at radius 2 is 1.94 bits per heavy atom. The van der Waals surface area contributed by atoms with Crippen LogP contribution in [0.4, 0.5) is 0 Å². The lowest BCUT2D eigenvalue weighted by molar-refractivity contribution is -0.137. The highest BCUT2D eigenvalue weighted by atomic mass is 28.3. The Labute approximate surface area is 100 Å². The van der Waals surface area contributed by atoms with Gasteiger partial charge in [0.05, 0.1) is 6.61 Å². The van der Waals surface area contributed by atoms with Crippen molar-refractivity contribution in [3.8, 4) is 11.5 Å². The molecule has 0 amide bonds. The molecule has 0 aliphatic carbocycles. The van der Waals surface area contributed by atoms with Gasteiger partial charge >= 0.3 is 5.97 Å².